The molecule has 7 rings (SSSR count). The van der Waals surface area contributed by atoms with Gasteiger partial charge in [0.05, 0.1) is 11.0 Å². The summed E-state index contributed by atoms with van der Waals surface area (Å²) >= 11 is 3.61. The number of benzene rings is 6. The van der Waals surface area contributed by atoms with Gasteiger partial charge in [0.15, 0.2) is 0 Å². The average Bonchev–Trinajstić information content (AvgIpc) is 3.31. The maximum atomic E-state index is 3.61. The van der Waals surface area contributed by atoms with Crippen LogP contribution in [-0.4, -0.2) is 4.57 Å². The van der Waals surface area contributed by atoms with Gasteiger partial charge in [0, 0.05) is 20.9 Å². The van der Waals surface area contributed by atoms with Crippen LogP contribution >= 0.6 is 15.9 Å². The first kappa shape index (κ1) is 22.8. The molecule has 0 amide bonds. The summed E-state index contributed by atoms with van der Waals surface area (Å²) in [6.45, 7) is 0. The highest BCUT2D eigenvalue weighted by atomic mass is 79.9. The number of halogens is 1. The summed E-state index contributed by atoms with van der Waals surface area (Å²) in [5, 5.41) is 2.52. The number of hydrogen-bond acceptors (Lipinski definition) is 0. The highest BCUT2D eigenvalue weighted by Gasteiger charge is 2.14. The molecule has 0 atom stereocenters. The van der Waals surface area contributed by atoms with E-state index in [2.05, 4.69) is 166 Å². The molecule has 2 heteroatoms. The molecule has 0 fully saturated rings. The smallest absolute Gasteiger partial charge is 0.0547 e. The van der Waals surface area contributed by atoms with Crippen LogP contribution in [0.25, 0.3) is 60.9 Å². The third-order valence-corrected chi connectivity index (χ3v) is 7.73. The molecule has 180 valence electrons. The van der Waals surface area contributed by atoms with Crippen molar-refractivity contribution in [2.24, 2.45) is 0 Å². The minimum atomic E-state index is 1.09. The molecule has 0 saturated carbocycles. The Kier molecular flexibility index (Phi) is 5.68. The standard InChI is InChI=1S/C36H24BrN/c37-31-14-8-13-28(22-31)26-11-7-12-27(21-26)29-18-20-35-34(23-29)33-19-17-30(25-9-3-1-4-10-25)24-36(33)38(35)32-15-5-2-6-16-32/h1-24H. The van der Waals surface area contributed by atoms with Gasteiger partial charge in [0.2, 0.25) is 0 Å². The van der Waals surface area contributed by atoms with Gasteiger partial charge in [-0.2, -0.15) is 0 Å². The fourth-order valence-electron chi connectivity index (χ4n) is 5.41. The molecule has 0 saturated heterocycles. The first-order valence-corrected chi connectivity index (χ1v) is 13.6. The number of aromatic nitrogens is 1. The Morgan fingerprint density at radius 3 is 1.68 bits per heavy atom. The van der Waals surface area contributed by atoms with Crippen molar-refractivity contribution in [1.29, 1.82) is 0 Å². The second kappa shape index (κ2) is 9.48. The SMILES string of the molecule is Brc1cccc(-c2cccc(-c3ccc4c(c3)c3ccc(-c5ccccc5)cc3n4-c3ccccc3)c2)c1. The van der Waals surface area contributed by atoms with Gasteiger partial charge in [0.25, 0.3) is 0 Å². The normalized spacial score (nSPS) is 11.3. The van der Waals surface area contributed by atoms with E-state index in [1.807, 2.05) is 0 Å². The zero-order chi connectivity index (χ0) is 25.5. The molecule has 0 bridgehead atoms. The molecule has 7 aromatic rings. The number of rotatable bonds is 4. The van der Waals surface area contributed by atoms with Gasteiger partial charge in [-0.15, -0.1) is 0 Å². The van der Waals surface area contributed by atoms with Gasteiger partial charge in [-0.1, -0.05) is 113 Å². The third kappa shape index (κ3) is 4.04. The van der Waals surface area contributed by atoms with Gasteiger partial charge in [-0.05, 0) is 81.9 Å². The maximum absolute atomic E-state index is 3.61. The molecule has 1 nitrogen and oxygen atoms in total. The van der Waals surface area contributed by atoms with E-state index in [4.69, 9.17) is 0 Å². The Morgan fingerprint density at radius 1 is 0.368 bits per heavy atom. The summed E-state index contributed by atoms with van der Waals surface area (Å²) in [6.07, 6.45) is 0. The monoisotopic (exact) mass is 549 g/mol. The number of hydrogen-bond donors (Lipinski definition) is 0. The predicted octanol–water partition coefficient (Wildman–Crippen LogP) is 10.5. The molecule has 0 unspecified atom stereocenters. The van der Waals surface area contributed by atoms with Crippen LogP contribution in [0.4, 0.5) is 0 Å². The second-order valence-electron chi connectivity index (χ2n) is 9.59. The van der Waals surface area contributed by atoms with Gasteiger partial charge >= 0.3 is 0 Å². The zero-order valence-corrected chi connectivity index (χ0v) is 22.3. The Morgan fingerprint density at radius 2 is 0.947 bits per heavy atom. The fourth-order valence-corrected chi connectivity index (χ4v) is 5.81. The van der Waals surface area contributed by atoms with E-state index in [0.717, 1.165) is 4.47 Å². The molecule has 0 aliphatic heterocycles. The second-order valence-corrected chi connectivity index (χ2v) is 10.5. The van der Waals surface area contributed by atoms with Crippen molar-refractivity contribution in [3.05, 3.63) is 150 Å². The van der Waals surface area contributed by atoms with E-state index in [1.165, 1.54) is 60.9 Å². The minimum Gasteiger partial charge on any atom is -0.309 e. The summed E-state index contributed by atoms with van der Waals surface area (Å²) in [5.41, 5.74) is 10.9. The fraction of sp³-hybridized carbons (Fsp3) is 0. The predicted molar refractivity (Wildman–Crippen MR) is 165 cm³/mol. The third-order valence-electron chi connectivity index (χ3n) is 7.24. The Bertz CT molecular complexity index is 1920. The molecule has 0 radical (unpaired) electrons. The first-order valence-electron chi connectivity index (χ1n) is 12.8. The van der Waals surface area contributed by atoms with E-state index < -0.39 is 0 Å². The van der Waals surface area contributed by atoms with Crippen molar-refractivity contribution >= 4 is 37.7 Å². The van der Waals surface area contributed by atoms with Crippen molar-refractivity contribution in [2.45, 2.75) is 0 Å². The lowest BCUT2D eigenvalue weighted by molar-refractivity contribution is 1.18. The Labute approximate surface area is 230 Å². The van der Waals surface area contributed by atoms with Crippen molar-refractivity contribution in [3.8, 4) is 39.1 Å². The van der Waals surface area contributed by atoms with E-state index in [-0.39, 0.29) is 0 Å². The molecule has 0 aliphatic rings. The van der Waals surface area contributed by atoms with Crippen LogP contribution < -0.4 is 0 Å². The summed E-state index contributed by atoms with van der Waals surface area (Å²) in [7, 11) is 0. The highest BCUT2D eigenvalue weighted by Crippen LogP contribution is 2.37. The van der Waals surface area contributed by atoms with Crippen molar-refractivity contribution in [1.82, 2.24) is 4.57 Å². The lowest BCUT2D eigenvalue weighted by atomic mass is 9.97. The summed E-state index contributed by atoms with van der Waals surface area (Å²) in [4.78, 5) is 0. The molecule has 1 aromatic heterocycles. The molecule has 6 aromatic carbocycles. The number of nitrogens with zero attached hydrogens (tertiary/aromatic N) is 1. The maximum Gasteiger partial charge on any atom is 0.0547 e. The molecule has 38 heavy (non-hydrogen) atoms. The zero-order valence-electron chi connectivity index (χ0n) is 20.7. The number of fused-ring (bicyclic) bond motifs is 3. The van der Waals surface area contributed by atoms with Gasteiger partial charge in [-0.3, -0.25) is 0 Å². The largest absolute Gasteiger partial charge is 0.309 e. The summed E-state index contributed by atoms with van der Waals surface area (Å²) in [5.74, 6) is 0. The lowest BCUT2D eigenvalue weighted by Gasteiger charge is -2.10. The van der Waals surface area contributed by atoms with Crippen LogP contribution in [-0.2, 0) is 0 Å². The van der Waals surface area contributed by atoms with Gasteiger partial charge < -0.3 is 4.57 Å². The van der Waals surface area contributed by atoms with Crippen LogP contribution in [0.1, 0.15) is 0 Å². The molecule has 0 N–H and O–H groups in total. The Balaban J connectivity index is 1.43. The molecule has 0 spiro atoms. The minimum absolute atomic E-state index is 1.09. The van der Waals surface area contributed by atoms with Crippen LogP contribution in [0.5, 0.6) is 0 Å². The topological polar surface area (TPSA) is 4.93 Å². The van der Waals surface area contributed by atoms with Crippen molar-refractivity contribution in [3.63, 3.8) is 0 Å². The average molecular weight is 550 g/mol. The van der Waals surface area contributed by atoms with Crippen LogP contribution in [0.3, 0.4) is 0 Å². The number of para-hydroxylation sites is 1. The summed E-state index contributed by atoms with van der Waals surface area (Å²) < 4.78 is 3.48. The molecular weight excluding hydrogens is 526 g/mol. The van der Waals surface area contributed by atoms with Crippen molar-refractivity contribution in [2.75, 3.05) is 0 Å². The van der Waals surface area contributed by atoms with Crippen molar-refractivity contribution < 1.29 is 0 Å². The molecule has 1 heterocycles. The van der Waals surface area contributed by atoms with Gasteiger partial charge in [-0.25, -0.2) is 0 Å². The molecular formula is C36H24BrN. The van der Waals surface area contributed by atoms with E-state index >= 15 is 0 Å². The summed E-state index contributed by atoms with van der Waals surface area (Å²) in [6, 6.07) is 52.3. The van der Waals surface area contributed by atoms with Crippen LogP contribution in [0, 0.1) is 0 Å². The lowest BCUT2D eigenvalue weighted by Crippen LogP contribution is -1.93. The van der Waals surface area contributed by atoms with E-state index in [9.17, 15) is 0 Å². The van der Waals surface area contributed by atoms with E-state index in [1.54, 1.807) is 0 Å². The first-order chi connectivity index (χ1) is 18.7. The highest BCUT2D eigenvalue weighted by molar-refractivity contribution is 9.10. The van der Waals surface area contributed by atoms with Crippen LogP contribution in [0.15, 0.2) is 150 Å². The molecule has 0 aliphatic carbocycles. The van der Waals surface area contributed by atoms with Crippen LogP contribution in [0.2, 0.25) is 0 Å². The van der Waals surface area contributed by atoms with Gasteiger partial charge in [0.1, 0.15) is 0 Å². The quantitative estimate of drug-likeness (QED) is 0.205. The van der Waals surface area contributed by atoms with E-state index in [0.29, 0.717) is 0 Å². The Hall–Kier alpha value is -4.40.